The molecule has 4 atom stereocenters. The summed E-state index contributed by atoms with van der Waals surface area (Å²) in [4.78, 5) is 2.66. The Balaban J connectivity index is 1.69. The highest BCUT2D eigenvalue weighted by Crippen LogP contribution is 2.47. The molecule has 0 spiro atoms. The third-order valence-corrected chi connectivity index (χ3v) is 8.88. The van der Waals surface area contributed by atoms with Crippen LogP contribution in [0.1, 0.15) is 69.2 Å². The second-order valence-electron chi connectivity index (χ2n) is 11.3. The summed E-state index contributed by atoms with van der Waals surface area (Å²) in [6, 6.07) is 10.7. The lowest BCUT2D eigenvalue weighted by atomic mass is 9.69. The van der Waals surface area contributed by atoms with Crippen molar-refractivity contribution in [3.63, 3.8) is 0 Å². The Morgan fingerprint density at radius 3 is 2.19 bits per heavy atom. The number of fused-ring (bicyclic) bond motifs is 1. The zero-order valence-corrected chi connectivity index (χ0v) is 23.7. The van der Waals surface area contributed by atoms with Gasteiger partial charge in [0, 0.05) is 24.0 Å². The van der Waals surface area contributed by atoms with Crippen molar-refractivity contribution in [3.05, 3.63) is 47.0 Å². The van der Waals surface area contributed by atoms with Crippen molar-refractivity contribution in [2.24, 2.45) is 11.8 Å². The number of aliphatic hydroxyl groups is 1. The average Bonchev–Trinajstić information content (AvgIpc) is 2.90. The number of rotatable bonds is 9. The summed E-state index contributed by atoms with van der Waals surface area (Å²) >= 11 is 0. The first-order chi connectivity index (χ1) is 17.7. The minimum Gasteiger partial charge on any atom is -0.493 e. The normalized spacial score (nSPS) is 24.3. The van der Waals surface area contributed by atoms with Gasteiger partial charge in [-0.25, -0.2) is 0 Å². The van der Waals surface area contributed by atoms with Gasteiger partial charge in [-0.3, -0.25) is 4.90 Å². The summed E-state index contributed by atoms with van der Waals surface area (Å²) < 4.78 is 22.4. The lowest BCUT2D eigenvalue weighted by Gasteiger charge is -2.53. The van der Waals surface area contributed by atoms with E-state index in [-0.39, 0.29) is 23.6 Å². The van der Waals surface area contributed by atoms with Crippen LogP contribution < -0.4 is 18.9 Å². The van der Waals surface area contributed by atoms with E-state index in [2.05, 4.69) is 49.9 Å². The Bertz CT molecular complexity index is 1070. The first kappa shape index (κ1) is 27.6. The minimum atomic E-state index is -0.267. The Kier molecular flexibility index (Phi) is 8.59. The van der Waals surface area contributed by atoms with E-state index in [9.17, 15) is 5.11 Å². The third kappa shape index (κ3) is 5.56. The second kappa shape index (κ2) is 11.5. The molecule has 37 heavy (non-hydrogen) atoms. The van der Waals surface area contributed by atoms with Crippen molar-refractivity contribution in [1.29, 1.82) is 0 Å². The van der Waals surface area contributed by atoms with Crippen LogP contribution in [0.2, 0.25) is 0 Å². The van der Waals surface area contributed by atoms with Crippen molar-refractivity contribution in [2.45, 2.75) is 77.0 Å². The van der Waals surface area contributed by atoms with Crippen LogP contribution in [0.15, 0.2) is 30.3 Å². The lowest BCUT2D eigenvalue weighted by Crippen LogP contribution is -2.57. The van der Waals surface area contributed by atoms with Gasteiger partial charge in [0.05, 0.1) is 34.5 Å². The van der Waals surface area contributed by atoms with E-state index in [0.717, 1.165) is 61.6 Å². The molecule has 0 saturated heterocycles. The molecule has 2 aromatic rings. The molecule has 1 aliphatic carbocycles. The quantitative estimate of drug-likeness (QED) is 0.457. The minimum absolute atomic E-state index is 0.146. The van der Waals surface area contributed by atoms with Gasteiger partial charge in [0.2, 0.25) is 0 Å². The van der Waals surface area contributed by atoms with Gasteiger partial charge in [0.25, 0.3) is 0 Å². The highest BCUT2D eigenvalue weighted by atomic mass is 16.5. The molecular formula is C31H45NO5. The molecule has 6 nitrogen and oxygen atoms in total. The van der Waals surface area contributed by atoms with E-state index < -0.39 is 0 Å². The molecule has 0 aromatic heterocycles. The Hall–Kier alpha value is -2.44. The van der Waals surface area contributed by atoms with Crippen LogP contribution in [-0.4, -0.2) is 56.6 Å². The first-order valence-corrected chi connectivity index (χ1v) is 13.6. The van der Waals surface area contributed by atoms with Crippen LogP contribution in [0.5, 0.6) is 23.0 Å². The maximum absolute atomic E-state index is 11.2. The highest BCUT2D eigenvalue weighted by Gasteiger charge is 2.45. The largest absolute Gasteiger partial charge is 0.493 e. The van der Waals surface area contributed by atoms with E-state index in [4.69, 9.17) is 18.9 Å². The standard InChI is InChI=1S/C31H45NO5/c1-20-8-11-24(26(33)16-20)31(2,3)32-15-14-22-18-29(36-6)30(37-7)19-23(22)25(32)12-9-21-10-13-27(34-4)28(17-21)35-5/h10,13,17-20,24-26,33H,8-9,11-12,14-16H2,1-7H3/t20-,24-,25+,26-/m0/s1. The first-order valence-electron chi connectivity index (χ1n) is 13.6. The lowest BCUT2D eigenvalue weighted by molar-refractivity contribution is -0.0648. The fourth-order valence-corrected chi connectivity index (χ4v) is 6.76. The Labute approximate surface area is 222 Å². The maximum Gasteiger partial charge on any atom is 0.161 e. The van der Waals surface area contributed by atoms with E-state index in [1.807, 2.05) is 6.07 Å². The number of hydrogen-bond donors (Lipinski definition) is 1. The van der Waals surface area contributed by atoms with E-state index in [1.165, 1.54) is 23.1 Å². The SMILES string of the molecule is COc1ccc(CC[C@@H]2c3cc(OC)c(OC)cc3CCN2C(C)(C)[C@H]2CC[C@H](C)C[C@@H]2O)cc1OC. The molecule has 1 N–H and O–H groups in total. The van der Waals surface area contributed by atoms with Gasteiger partial charge in [0.1, 0.15) is 0 Å². The zero-order chi connectivity index (χ0) is 26.7. The van der Waals surface area contributed by atoms with Crippen LogP contribution in [0, 0.1) is 11.8 Å². The second-order valence-corrected chi connectivity index (χ2v) is 11.3. The van der Waals surface area contributed by atoms with Crippen molar-refractivity contribution in [2.75, 3.05) is 35.0 Å². The molecule has 1 heterocycles. The summed E-state index contributed by atoms with van der Waals surface area (Å²) in [6.07, 6.45) is 5.66. The molecule has 2 aliphatic rings. The number of nitrogens with zero attached hydrogens (tertiary/aromatic N) is 1. The molecule has 204 valence electrons. The number of hydrogen-bond acceptors (Lipinski definition) is 6. The maximum atomic E-state index is 11.2. The van der Waals surface area contributed by atoms with Crippen molar-refractivity contribution in [3.8, 4) is 23.0 Å². The molecular weight excluding hydrogens is 466 g/mol. The number of aliphatic hydroxyl groups excluding tert-OH is 1. The van der Waals surface area contributed by atoms with Crippen LogP contribution in [0.25, 0.3) is 0 Å². The Morgan fingerprint density at radius 2 is 1.54 bits per heavy atom. The van der Waals surface area contributed by atoms with Gasteiger partial charge in [-0.15, -0.1) is 0 Å². The number of aryl methyl sites for hydroxylation is 1. The van der Waals surface area contributed by atoms with Crippen LogP contribution in [0.3, 0.4) is 0 Å². The summed E-state index contributed by atoms with van der Waals surface area (Å²) in [6.45, 7) is 7.89. The van der Waals surface area contributed by atoms with E-state index in [1.54, 1.807) is 28.4 Å². The third-order valence-electron chi connectivity index (χ3n) is 8.88. The van der Waals surface area contributed by atoms with Gasteiger partial charge in [-0.1, -0.05) is 19.4 Å². The fourth-order valence-electron chi connectivity index (χ4n) is 6.76. The molecule has 6 heteroatoms. The van der Waals surface area contributed by atoms with Crippen LogP contribution in [-0.2, 0) is 12.8 Å². The molecule has 0 bridgehead atoms. The zero-order valence-electron chi connectivity index (χ0n) is 23.7. The summed E-state index contributed by atoms with van der Waals surface area (Å²) in [5.74, 6) is 3.88. The monoisotopic (exact) mass is 511 g/mol. The van der Waals surface area contributed by atoms with Gasteiger partial charge >= 0.3 is 0 Å². The van der Waals surface area contributed by atoms with Gasteiger partial charge in [-0.2, -0.15) is 0 Å². The molecule has 2 aromatic carbocycles. The summed E-state index contributed by atoms with van der Waals surface area (Å²) in [5, 5.41) is 11.2. The summed E-state index contributed by atoms with van der Waals surface area (Å²) in [5.41, 5.74) is 3.69. The smallest absolute Gasteiger partial charge is 0.161 e. The average molecular weight is 512 g/mol. The molecule has 1 fully saturated rings. The summed E-state index contributed by atoms with van der Waals surface area (Å²) in [7, 11) is 6.74. The van der Waals surface area contributed by atoms with Crippen molar-refractivity contribution in [1.82, 2.24) is 4.90 Å². The molecule has 0 amide bonds. The Morgan fingerprint density at radius 1 is 0.892 bits per heavy atom. The van der Waals surface area contributed by atoms with Crippen LogP contribution in [0.4, 0.5) is 0 Å². The van der Waals surface area contributed by atoms with E-state index >= 15 is 0 Å². The predicted molar refractivity (Wildman–Crippen MR) is 147 cm³/mol. The van der Waals surface area contributed by atoms with Crippen LogP contribution >= 0.6 is 0 Å². The topological polar surface area (TPSA) is 60.4 Å². The molecule has 1 aliphatic heterocycles. The highest BCUT2D eigenvalue weighted by molar-refractivity contribution is 5.50. The number of benzene rings is 2. The number of ether oxygens (including phenoxy) is 4. The predicted octanol–water partition coefficient (Wildman–Crippen LogP) is 5.83. The fraction of sp³-hybridized carbons (Fsp3) is 0.613. The van der Waals surface area contributed by atoms with Gasteiger partial charge in [-0.05, 0) is 92.8 Å². The van der Waals surface area contributed by atoms with Crippen molar-refractivity contribution < 1.29 is 24.1 Å². The molecule has 0 unspecified atom stereocenters. The molecule has 4 rings (SSSR count). The van der Waals surface area contributed by atoms with Gasteiger partial charge < -0.3 is 24.1 Å². The van der Waals surface area contributed by atoms with Gasteiger partial charge in [0.15, 0.2) is 23.0 Å². The number of methoxy groups -OCH3 is 4. The van der Waals surface area contributed by atoms with E-state index in [0.29, 0.717) is 5.92 Å². The molecule has 0 radical (unpaired) electrons. The molecule has 1 saturated carbocycles. The van der Waals surface area contributed by atoms with Crippen molar-refractivity contribution >= 4 is 0 Å².